The van der Waals surface area contributed by atoms with E-state index in [-0.39, 0.29) is 35.5 Å². The summed E-state index contributed by atoms with van der Waals surface area (Å²) in [4.78, 5) is 4.55. The first-order valence-electron chi connectivity index (χ1n) is 9.44. The summed E-state index contributed by atoms with van der Waals surface area (Å²) in [5.41, 5.74) is 2.08. The van der Waals surface area contributed by atoms with Crippen LogP contribution in [0.25, 0.3) is 0 Å². The Morgan fingerprint density at radius 2 is 1.89 bits per heavy atom. The number of sulfone groups is 1. The van der Waals surface area contributed by atoms with Gasteiger partial charge in [-0.15, -0.1) is 24.0 Å². The molecule has 0 aliphatic carbocycles. The Kier molecular flexibility index (Phi) is 14.3. The van der Waals surface area contributed by atoms with Crippen LogP contribution in [-0.2, 0) is 21.1 Å². The second-order valence-corrected chi connectivity index (χ2v) is 8.49. The molecule has 1 aromatic carbocycles. The van der Waals surface area contributed by atoms with E-state index in [1.165, 1.54) is 0 Å². The van der Waals surface area contributed by atoms with E-state index < -0.39 is 9.84 Å². The number of nitrogens with zero attached hydrogens (tertiary/aromatic N) is 1. The molecule has 0 unspecified atom stereocenters. The van der Waals surface area contributed by atoms with E-state index in [1.807, 2.05) is 39.0 Å². The van der Waals surface area contributed by atoms with Crippen LogP contribution in [0.15, 0.2) is 23.2 Å². The van der Waals surface area contributed by atoms with Crippen LogP contribution < -0.4 is 15.4 Å². The van der Waals surface area contributed by atoms with Gasteiger partial charge in [-0.05, 0) is 32.4 Å². The summed E-state index contributed by atoms with van der Waals surface area (Å²) in [6, 6.07) is 6.01. The minimum atomic E-state index is -3.00. The minimum Gasteiger partial charge on any atom is -0.491 e. The zero-order chi connectivity index (χ0) is 20.1. The summed E-state index contributed by atoms with van der Waals surface area (Å²) < 4.78 is 34.4. The van der Waals surface area contributed by atoms with Crippen molar-refractivity contribution in [3.8, 4) is 5.75 Å². The zero-order valence-electron chi connectivity index (χ0n) is 17.3. The van der Waals surface area contributed by atoms with Crippen LogP contribution in [0.1, 0.15) is 31.9 Å². The van der Waals surface area contributed by atoms with Gasteiger partial charge in [0.05, 0.1) is 18.9 Å². The zero-order valence-corrected chi connectivity index (χ0v) is 20.4. The van der Waals surface area contributed by atoms with E-state index in [2.05, 4.69) is 15.6 Å². The summed E-state index contributed by atoms with van der Waals surface area (Å²) in [7, 11) is -3.00. The topological polar surface area (TPSA) is 89.0 Å². The number of rotatable bonds is 12. The highest BCUT2D eigenvalue weighted by molar-refractivity contribution is 14.0. The Bertz CT molecular complexity index is 696. The van der Waals surface area contributed by atoms with Crippen LogP contribution >= 0.6 is 24.0 Å². The molecule has 2 N–H and O–H groups in total. The van der Waals surface area contributed by atoms with Gasteiger partial charge in [0.25, 0.3) is 0 Å². The molecule has 0 spiro atoms. The molecule has 28 heavy (non-hydrogen) atoms. The molecule has 1 aromatic rings. The van der Waals surface area contributed by atoms with Crippen molar-refractivity contribution in [1.82, 2.24) is 10.6 Å². The lowest BCUT2D eigenvalue weighted by molar-refractivity contribution is 0.110. The highest BCUT2D eigenvalue weighted by Crippen LogP contribution is 2.21. The molecule has 162 valence electrons. The number of benzene rings is 1. The van der Waals surface area contributed by atoms with Crippen LogP contribution in [0, 0.1) is 6.92 Å². The monoisotopic (exact) mass is 527 g/mol. The SMILES string of the molecule is CCNC(=NCc1ccc(C)cc1OCCOCC)NCCS(=O)(=O)CC.I. The summed E-state index contributed by atoms with van der Waals surface area (Å²) >= 11 is 0. The molecule has 7 nitrogen and oxygen atoms in total. The Morgan fingerprint density at radius 1 is 1.14 bits per heavy atom. The number of nitrogens with one attached hydrogen (secondary N) is 2. The maximum absolute atomic E-state index is 11.6. The van der Waals surface area contributed by atoms with Crippen LogP contribution in [-0.4, -0.2) is 58.8 Å². The molecular weight excluding hydrogens is 493 g/mol. The van der Waals surface area contributed by atoms with E-state index in [0.29, 0.717) is 45.4 Å². The Morgan fingerprint density at radius 3 is 2.54 bits per heavy atom. The maximum atomic E-state index is 11.6. The highest BCUT2D eigenvalue weighted by Gasteiger charge is 2.08. The molecule has 0 aliphatic rings. The average Bonchev–Trinajstić information content (AvgIpc) is 2.64. The lowest BCUT2D eigenvalue weighted by atomic mass is 10.1. The smallest absolute Gasteiger partial charge is 0.191 e. The maximum Gasteiger partial charge on any atom is 0.191 e. The van der Waals surface area contributed by atoms with Crippen LogP contribution in [0.4, 0.5) is 0 Å². The molecule has 0 heterocycles. The van der Waals surface area contributed by atoms with Gasteiger partial charge in [0.1, 0.15) is 12.4 Å². The first kappa shape index (κ1) is 26.9. The molecule has 1 rings (SSSR count). The second-order valence-electron chi connectivity index (χ2n) is 6.01. The summed E-state index contributed by atoms with van der Waals surface area (Å²) in [5, 5.41) is 6.20. The van der Waals surface area contributed by atoms with E-state index in [1.54, 1.807) is 6.92 Å². The Labute approximate surface area is 186 Å². The van der Waals surface area contributed by atoms with Crippen molar-refractivity contribution in [1.29, 1.82) is 0 Å². The van der Waals surface area contributed by atoms with Gasteiger partial charge in [0.15, 0.2) is 15.8 Å². The number of halogens is 1. The van der Waals surface area contributed by atoms with Crippen molar-refractivity contribution in [2.24, 2.45) is 4.99 Å². The van der Waals surface area contributed by atoms with Crippen molar-refractivity contribution in [3.63, 3.8) is 0 Å². The van der Waals surface area contributed by atoms with Crippen LogP contribution in [0.2, 0.25) is 0 Å². The van der Waals surface area contributed by atoms with Gasteiger partial charge in [-0.25, -0.2) is 13.4 Å². The number of aliphatic imine (C=N–C) groups is 1. The molecule has 0 fully saturated rings. The predicted octanol–water partition coefficient (Wildman–Crippen LogP) is 2.52. The number of aryl methyl sites for hydroxylation is 1. The molecule has 0 saturated carbocycles. The fraction of sp³-hybridized carbons (Fsp3) is 0.632. The summed E-state index contributed by atoms with van der Waals surface area (Å²) in [6.07, 6.45) is 0. The van der Waals surface area contributed by atoms with Gasteiger partial charge in [-0.2, -0.15) is 0 Å². The number of hydrogen-bond acceptors (Lipinski definition) is 5. The number of ether oxygens (including phenoxy) is 2. The van der Waals surface area contributed by atoms with Gasteiger partial charge in [0.2, 0.25) is 0 Å². The first-order chi connectivity index (χ1) is 12.9. The van der Waals surface area contributed by atoms with E-state index in [0.717, 1.165) is 16.9 Å². The van der Waals surface area contributed by atoms with Gasteiger partial charge in [-0.1, -0.05) is 19.1 Å². The third-order valence-electron chi connectivity index (χ3n) is 3.81. The second kappa shape index (κ2) is 14.9. The van der Waals surface area contributed by atoms with Crippen LogP contribution in [0.5, 0.6) is 5.75 Å². The summed E-state index contributed by atoms with van der Waals surface area (Å²) in [5.74, 6) is 1.62. The van der Waals surface area contributed by atoms with Crippen molar-refractivity contribution < 1.29 is 17.9 Å². The standard InChI is InChI=1S/C19H33N3O4S.HI/c1-5-20-19(21-10-13-27(23,24)7-3)22-15-17-9-8-16(4)14-18(17)26-12-11-25-6-2;/h8-9,14H,5-7,10-13,15H2,1-4H3,(H2,20,21,22);1H. The van der Waals surface area contributed by atoms with Gasteiger partial charge >= 0.3 is 0 Å². The third kappa shape index (κ3) is 11.1. The van der Waals surface area contributed by atoms with Crippen molar-refractivity contribution in [2.45, 2.75) is 34.2 Å². The van der Waals surface area contributed by atoms with Crippen LogP contribution in [0.3, 0.4) is 0 Å². The molecule has 0 amide bonds. The molecule has 0 atom stereocenters. The largest absolute Gasteiger partial charge is 0.491 e. The Balaban J connectivity index is 0.00000729. The summed E-state index contributed by atoms with van der Waals surface area (Å²) in [6.45, 7) is 10.7. The number of hydrogen-bond donors (Lipinski definition) is 2. The molecule has 0 saturated heterocycles. The van der Waals surface area contributed by atoms with E-state index in [4.69, 9.17) is 9.47 Å². The molecule has 0 aliphatic heterocycles. The van der Waals surface area contributed by atoms with E-state index >= 15 is 0 Å². The van der Waals surface area contributed by atoms with Gasteiger partial charge in [-0.3, -0.25) is 0 Å². The lowest BCUT2D eigenvalue weighted by Crippen LogP contribution is -2.39. The number of guanidine groups is 1. The highest BCUT2D eigenvalue weighted by atomic mass is 127. The third-order valence-corrected chi connectivity index (χ3v) is 5.51. The normalized spacial score (nSPS) is 11.6. The molecule has 0 radical (unpaired) electrons. The molecular formula is C19H34IN3O4S. The van der Waals surface area contributed by atoms with Crippen molar-refractivity contribution >= 4 is 39.8 Å². The van der Waals surface area contributed by atoms with Crippen molar-refractivity contribution in [3.05, 3.63) is 29.3 Å². The van der Waals surface area contributed by atoms with Gasteiger partial charge in [0, 0.05) is 31.0 Å². The quantitative estimate of drug-likeness (QED) is 0.188. The molecule has 0 aromatic heterocycles. The predicted molar refractivity (Wildman–Crippen MR) is 126 cm³/mol. The average molecular weight is 527 g/mol. The fourth-order valence-electron chi connectivity index (χ4n) is 2.26. The molecule has 0 bridgehead atoms. The first-order valence-corrected chi connectivity index (χ1v) is 11.3. The van der Waals surface area contributed by atoms with E-state index in [9.17, 15) is 8.42 Å². The Hall–Kier alpha value is -1.07. The fourth-order valence-corrected chi connectivity index (χ4v) is 2.96. The lowest BCUT2D eigenvalue weighted by Gasteiger charge is -2.14. The minimum absolute atomic E-state index is 0. The van der Waals surface area contributed by atoms with Crippen molar-refractivity contribution in [2.75, 3.05) is 44.4 Å². The molecule has 9 heteroatoms. The van der Waals surface area contributed by atoms with Gasteiger partial charge < -0.3 is 20.1 Å².